The van der Waals surface area contributed by atoms with E-state index in [2.05, 4.69) is 399 Å². The molecule has 0 bridgehead atoms. The molecule has 0 aliphatic carbocycles. The third-order valence-corrected chi connectivity index (χ3v) is 26.2. The number of furan rings is 6. The molecule has 0 aliphatic rings. The lowest BCUT2D eigenvalue weighted by molar-refractivity contribution is 0.668. The zero-order valence-electron chi connectivity index (χ0n) is 69.0. The molecule has 0 unspecified atom stereocenters. The molecule has 6 aromatic heterocycles. The predicted octanol–water partition coefficient (Wildman–Crippen LogP) is 34.5. The largest absolute Gasteiger partial charge is 0.455 e. The molecule has 0 atom stereocenters. The fourth-order valence-corrected chi connectivity index (χ4v) is 20.5. The van der Waals surface area contributed by atoms with E-state index in [1.165, 1.54) is 0 Å². The van der Waals surface area contributed by atoms with Crippen molar-refractivity contribution >= 4 is 243 Å². The number of fused-ring (bicyclic) bond motifs is 26. The fraction of sp³-hybridized carbons (Fsp3) is 0.0345. The van der Waals surface area contributed by atoms with Crippen molar-refractivity contribution in [2.24, 2.45) is 0 Å². The summed E-state index contributed by atoms with van der Waals surface area (Å²) < 4.78 is 43.0. The molecule has 20 aromatic carbocycles. The maximum atomic E-state index is 7.45. The van der Waals surface area contributed by atoms with Crippen molar-refractivity contribution in [3.8, 4) is 11.1 Å². The van der Waals surface area contributed by atoms with Gasteiger partial charge in [-0.2, -0.15) is 0 Å². The summed E-state index contributed by atoms with van der Waals surface area (Å²) in [6, 6.07) is 135. The highest BCUT2D eigenvalue weighted by molar-refractivity contribution is 6.29. The molecular weight excluding hydrogens is 1550 g/mol. The summed E-state index contributed by atoms with van der Waals surface area (Å²) in [4.78, 5) is 9.61. The Kier molecular flexibility index (Phi) is 15.5. The summed E-state index contributed by atoms with van der Waals surface area (Å²) in [6.45, 7) is 8.82. The van der Waals surface area contributed by atoms with Gasteiger partial charge in [-0.05, 0) is 176 Å². The number of nitrogens with zero attached hydrogens (tertiary/aromatic N) is 4. The topological polar surface area (TPSA) is 91.8 Å². The van der Waals surface area contributed by atoms with Crippen LogP contribution in [0, 0.1) is 27.7 Å². The molecule has 10 nitrogen and oxygen atoms in total. The number of rotatable bonds is 13. The van der Waals surface area contributed by atoms with E-state index in [0.717, 1.165) is 276 Å². The standard InChI is InChI=1S/C116H74N4O6/c1-67-28-23-30-72(60-67)117(97-48-24-43-87-79-35-14-19-52-105(79)121-113(87)97)101-63-91-92-64-102(76-32-7-11-40-84(76)110(92)125-109(91)83-39-10-6-31-75(83)101)118(98-49-25-44-88-80-36-15-20-53-106(80)122-114(88)98)73-57-58-74(69(3)62-73)71-56-59-96(70(4)61-71)120(100-51-27-46-90-82-38-17-22-55-108(82)124-116(90)100)104-66-94-93-65-103(77-33-8-12-41-85(77)111(93)126-112(94)86-42-13-9-34-78(86)104)119(95-47-18-5-29-68(95)2)99-50-26-45-89-81-37-16-21-54-107(81)123-115(89)99/h5-66H,1-4H3. The third kappa shape index (κ3) is 10.6. The molecule has 0 saturated heterocycles. The predicted molar refractivity (Wildman–Crippen MR) is 523 cm³/mol. The summed E-state index contributed by atoms with van der Waals surface area (Å²) in [5.74, 6) is 0. The van der Waals surface area contributed by atoms with Gasteiger partial charge in [0.25, 0.3) is 0 Å². The molecule has 126 heavy (non-hydrogen) atoms. The highest BCUT2D eigenvalue weighted by Gasteiger charge is 2.32. The first-order chi connectivity index (χ1) is 62.2. The Hall–Kier alpha value is -16.6. The van der Waals surface area contributed by atoms with Crippen molar-refractivity contribution in [3.63, 3.8) is 0 Å². The summed E-state index contributed by atoms with van der Waals surface area (Å²) in [7, 11) is 0. The van der Waals surface area contributed by atoms with Crippen molar-refractivity contribution in [2.45, 2.75) is 27.7 Å². The average Bonchev–Trinajstić information content (AvgIpc) is 1.54. The van der Waals surface area contributed by atoms with E-state index in [9.17, 15) is 0 Å². The van der Waals surface area contributed by atoms with Crippen molar-refractivity contribution in [2.75, 3.05) is 19.6 Å². The van der Waals surface area contributed by atoms with E-state index in [-0.39, 0.29) is 0 Å². The number of hydrogen-bond acceptors (Lipinski definition) is 10. The van der Waals surface area contributed by atoms with Gasteiger partial charge < -0.3 is 46.1 Å². The molecule has 594 valence electrons. The minimum atomic E-state index is 0.779. The average molecular weight is 1620 g/mol. The van der Waals surface area contributed by atoms with Gasteiger partial charge in [-0.3, -0.25) is 0 Å². The van der Waals surface area contributed by atoms with Crippen LogP contribution in [0.15, 0.2) is 403 Å². The van der Waals surface area contributed by atoms with Crippen LogP contribution in [0.5, 0.6) is 0 Å². The monoisotopic (exact) mass is 1620 g/mol. The minimum Gasteiger partial charge on any atom is -0.455 e. The van der Waals surface area contributed by atoms with Crippen molar-refractivity contribution in [3.05, 3.63) is 398 Å². The zero-order valence-corrected chi connectivity index (χ0v) is 69.0. The summed E-state index contributed by atoms with van der Waals surface area (Å²) in [5, 5.41) is 20.3. The van der Waals surface area contributed by atoms with Gasteiger partial charge in [-0.25, -0.2) is 0 Å². The summed E-state index contributed by atoms with van der Waals surface area (Å²) >= 11 is 0. The number of para-hydroxylation sites is 9. The number of aryl methyl sites for hydroxylation is 4. The fourth-order valence-electron chi connectivity index (χ4n) is 20.5. The SMILES string of the molecule is Cc1cccc(N(c2cc3c4cc(N(c5ccc(-c6ccc(N(c7cc8c9cc(N(c%10ccccc%10C)c%10cccc%11c%10oc%10ccccc%10%11)c%10ccccc%10c9oc8c8ccccc78)c7cccc8c7oc7ccccc78)c(C)c6)c(C)c5)c5cccc6c5oc5ccccc56)c5ccccc5c4oc3c3ccccc23)c2cccc3c2oc2ccccc23)c1. The lowest BCUT2D eigenvalue weighted by Crippen LogP contribution is -2.13. The second kappa shape index (κ2) is 27.5. The van der Waals surface area contributed by atoms with Crippen LogP contribution >= 0.6 is 0 Å². The Balaban J connectivity index is 0.660. The van der Waals surface area contributed by atoms with Crippen LogP contribution in [0.2, 0.25) is 0 Å². The van der Waals surface area contributed by atoms with Crippen LogP contribution in [0.4, 0.5) is 68.2 Å². The Morgan fingerprint density at radius 1 is 0.159 bits per heavy atom. The van der Waals surface area contributed by atoms with Crippen LogP contribution < -0.4 is 19.6 Å². The van der Waals surface area contributed by atoms with Crippen molar-refractivity contribution in [1.82, 2.24) is 0 Å². The first-order valence-electron chi connectivity index (χ1n) is 42.9. The van der Waals surface area contributed by atoms with Gasteiger partial charge in [0.2, 0.25) is 0 Å². The van der Waals surface area contributed by atoms with Crippen LogP contribution in [0.3, 0.4) is 0 Å². The molecule has 26 aromatic rings. The number of anilines is 12. The summed E-state index contributed by atoms with van der Waals surface area (Å²) in [6.07, 6.45) is 0. The van der Waals surface area contributed by atoms with Gasteiger partial charge in [0, 0.05) is 130 Å². The van der Waals surface area contributed by atoms with Gasteiger partial charge in [0.15, 0.2) is 22.3 Å². The Morgan fingerprint density at radius 2 is 0.452 bits per heavy atom. The van der Waals surface area contributed by atoms with E-state index >= 15 is 0 Å². The first-order valence-corrected chi connectivity index (χ1v) is 42.9. The van der Waals surface area contributed by atoms with Gasteiger partial charge in [0.1, 0.15) is 44.7 Å². The molecule has 0 saturated carbocycles. The number of benzene rings is 20. The maximum Gasteiger partial charge on any atom is 0.159 e. The molecular formula is C116H74N4O6. The highest BCUT2D eigenvalue weighted by Crippen LogP contribution is 2.56. The minimum absolute atomic E-state index is 0.779. The molecule has 26 rings (SSSR count). The Labute approximate surface area is 721 Å². The second-order valence-corrected chi connectivity index (χ2v) is 33.5. The van der Waals surface area contributed by atoms with Gasteiger partial charge in [0.05, 0.1) is 45.5 Å². The van der Waals surface area contributed by atoms with Crippen molar-refractivity contribution < 1.29 is 26.5 Å². The molecule has 6 heterocycles. The van der Waals surface area contributed by atoms with E-state index < -0.39 is 0 Å². The Bertz CT molecular complexity index is 9120. The molecule has 0 amide bonds. The van der Waals surface area contributed by atoms with E-state index in [1.54, 1.807) is 0 Å². The quantitative estimate of drug-likeness (QED) is 0.111. The van der Waals surface area contributed by atoms with E-state index in [4.69, 9.17) is 26.5 Å². The van der Waals surface area contributed by atoms with Gasteiger partial charge in [-0.1, -0.05) is 261 Å². The van der Waals surface area contributed by atoms with Crippen LogP contribution in [0.25, 0.3) is 186 Å². The normalized spacial score (nSPS) is 12.1. The first kappa shape index (κ1) is 71.2. The molecule has 0 radical (unpaired) electrons. The molecule has 0 fully saturated rings. The molecule has 10 heteroatoms. The van der Waals surface area contributed by atoms with Gasteiger partial charge >= 0.3 is 0 Å². The third-order valence-electron chi connectivity index (χ3n) is 26.2. The lowest BCUT2D eigenvalue weighted by atomic mass is 9.95. The highest BCUT2D eigenvalue weighted by atomic mass is 16.4. The molecule has 0 aliphatic heterocycles. The van der Waals surface area contributed by atoms with E-state index in [1.807, 2.05) is 24.3 Å². The maximum absolute atomic E-state index is 7.45. The lowest BCUT2D eigenvalue weighted by Gasteiger charge is -2.29. The summed E-state index contributed by atoms with van der Waals surface area (Å²) in [5.41, 5.74) is 27.8. The number of hydrogen-bond donors (Lipinski definition) is 0. The van der Waals surface area contributed by atoms with Crippen LogP contribution in [0.1, 0.15) is 22.3 Å². The van der Waals surface area contributed by atoms with Crippen molar-refractivity contribution in [1.29, 1.82) is 0 Å². The second-order valence-electron chi connectivity index (χ2n) is 33.5. The molecule has 0 N–H and O–H groups in total. The zero-order chi connectivity index (χ0) is 83.3. The smallest absolute Gasteiger partial charge is 0.159 e. The molecule has 0 spiro atoms. The van der Waals surface area contributed by atoms with Crippen LogP contribution in [-0.2, 0) is 0 Å². The van der Waals surface area contributed by atoms with Crippen LogP contribution in [-0.4, -0.2) is 0 Å². The van der Waals surface area contributed by atoms with Gasteiger partial charge in [-0.15, -0.1) is 0 Å². The van der Waals surface area contributed by atoms with E-state index in [0.29, 0.717) is 0 Å². The Morgan fingerprint density at radius 3 is 0.817 bits per heavy atom.